The number of aromatic nitrogens is 1. The van der Waals surface area contributed by atoms with Gasteiger partial charge in [0.15, 0.2) is 5.13 Å². The molecule has 216 valence electrons. The van der Waals surface area contributed by atoms with Crippen molar-refractivity contribution in [3.63, 3.8) is 0 Å². The van der Waals surface area contributed by atoms with Gasteiger partial charge in [-0.2, -0.15) is 4.31 Å². The highest BCUT2D eigenvalue weighted by Crippen LogP contribution is 2.31. The fourth-order valence-corrected chi connectivity index (χ4v) is 7.10. The zero-order chi connectivity index (χ0) is 28.0. The van der Waals surface area contributed by atoms with Crippen LogP contribution in [0.1, 0.15) is 57.0 Å². The van der Waals surface area contributed by atoms with E-state index in [0.717, 1.165) is 29.6 Å². The maximum Gasteiger partial charge on any atom is 0.260 e. The molecule has 0 N–H and O–H groups in total. The number of anilines is 1. The molecule has 0 fully saturated rings. The molecule has 7 nitrogen and oxygen atoms in total. The average molecular weight is 595 g/mol. The van der Waals surface area contributed by atoms with Crippen molar-refractivity contribution in [1.82, 2.24) is 14.2 Å². The largest absolute Gasteiger partial charge is 0.309 e. The molecular formula is C29H43ClN4O3S2. The topological polar surface area (TPSA) is 73.8 Å². The highest BCUT2D eigenvalue weighted by atomic mass is 35.5. The number of nitrogens with zero attached hydrogens (tertiary/aromatic N) is 4. The van der Waals surface area contributed by atoms with Crippen LogP contribution in [0.25, 0.3) is 10.2 Å². The summed E-state index contributed by atoms with van der Waals surface area (Å²) in [6, 6.07) is 12.6. The molecule has 2 aromatic carbocycles. The van der Waals surface area contributed by atoms with E-state index in [1.54, 1.807) is 33.5 Å². The Balaban J connectivity index is 0.00000533. The Hall–Kier alpha value is -2.04. The zero-order valence-corrected chi connectivity index (χ0v) is 26.6. The lowest BCUT2D eigenvalue weighted by molar-refractivity contribution is 0.0986. The van der Waals surface area contributed by atoms with E-state index in [1.165, 1.54) is 16.9 Å². The molecular weight excluding hydrogens is 552 g/mol. The Labute approximate surface area is 244 Å². The standard InChI is InChI=1S/C29H42N4O3S2.ClH/c1-8-23-10-15-26-27(18-23)37-29(30-26)33(17-9-16-31(6)7)28(34)24-11-13-25(14-12-24)38(35,36)32(19-21(2)3)20-22(4)5;/h10-15,18,21-22H,8-9,16-17,19-20H2,1-7H3;1H. The Morgan fingerprint density at radius 2 is 1.56 bits per heavy atom. The van der Waals surface area contributed by atoms with E-state index < -0.39 is 10.0 Å². The normalized spacial score (nSPS) is 12.1. The fourth-order valence-electron chi connectivity index (χ4n) is 4.28. The van der Waals surface area contributed by atoms with Gasteiger partial charge in [0.05, 0.1) is 15.1 Å². The molecule has 0 bridgehead atoms. The number of halogens is 1. The van der Waals surface area contributed by atoms with Gasteiger partial charge < -0.3 is 4.90 Å². The highest BCUT2D eigenvalue weighted by molar-refractivity contribution is 7.89. The first-order chi connectivity index (χ1) is 17.9. The van der Waals surface area contributed by atoms with Gasteiger partial charge in [-0.3, -0.25) is 9.69 Å². The van der Waals surface area contributed by atoms with Crippen LogP contribution in [-0.4, -0.2) is 68.8 Å². The molecule has 0 saturated heterocycles. The third-order valence-corrected chi connectivity index (χ3v) is 9.08. The number of hydrogen-bond donors (Lipinski definition) is 0. The monoisotopic (exact) mass is 594 g/mol. The minimum atomic E-state index is -3.66. The molecule has 0 aliphatic heterocycles. The summed E-state index contributed by atoms with van der Waals surface area (Å²) < 4.78 is 29.4. The lowest BCUT2D eigenvalue weighted by atomic mass is 10.2. The number of aryl methyl sites for hydroxylation is 1. The average Bonchev–Trinajstić information content (AvgIpc) is 3.28. The van der Waals surface area contributed by atoms with Gasteiger partial charge in [0.25, 0.3) is 5.91 Å². The molecule has 3 aromatic rings. The number of sulfonamides is 1. The molecule has 1 heterocycles. The molecule has 39 heavy (non-hydrogen) atoms. The van der Waals surface area contributed by atoms with E-state index in [-0.39, 0.29) is 35.0 Å². The van der Waals surface area contributed by atoms with Crippen molar-refractivity contribution in [2.75, 3.05) is 45.2 Å². The van der Waals surface area contributed by atoms with Crippen LogP contribution in [0, 0.1) is 11.8 Å². The number of rotatable bonds is 13. The second-order valence-corrected chi connectivity index (χ2v) is 13.8. The van der Waals surface area contributed by atoms with Gasteiger partial charge in [-0.1, -0.05) is 52.0 Å². The summed E-state index contributed by atoms with van der Waals surface area (Å²) in [6.07, 6.45) is 1.73. The lowest BCUT2D eigenvalue weighted by Gasteiger charge is -2.26. The van der Waals surface area contributed by atoms with Crippen molar-refractivity contribution in [3.05, 3.63) is 53.6 Å². The quantitative estimate of drug-likeness (QED) is 0.236. The van der Waals surface area contributed by atoms with Crippen LogP contribution in [0.15, 0.2) is 47.4 Å². The van der Waals surface area contributed by atoms with E-state index in [9.17, 15) is 13.2 Å². The van der Waals surface area contributed by atoms with E-state index in [4.69, 9.17) is 4.98 Å². The molecule has 0 aliphatic rings. The van der Waals surface area contributed by atoms with Gasteiger partial charge in [-0.25, -0.2) is 13.4 Å². The van der Waals surface area contributed by atoms with Crippen LogP contribution in [0.2, 0.25) is 0 Å². The molecule has 0 aliphatic carbocycles. The van der Waals surface area contributed by atoms with Crippen LogP contribution in [0.5, 0.6) is 0 Å². The van der Waals surface area contributed by atoms with Crippen LogP contribution >= 0.6 is 23.7 Å². The minimum absolute atomic E-state index is 0. The Kier molecular flexibility index (Phi) is 12.4. The minimum Gasteiger partial charge on any atom is -0.309 e. The number of amides is 1. The van der Waals surface area contributed by atoms with E-state index in [0.29, 0.717) is 30.3 Å². The Morgan fingerprint density at radius 1 is 0.949 bits per heavy atom. The van der Waals surface area contributed by atoms with Crippen molar-refractivity contribution in [2.45, 2.75) is 52.4 Å². The molecule has 0 atom stereocenters. The molecule has 0 spiro atoms. The second-order valence-electron chi connectivity index (χ2n) is 10.9. The van der Waals surface area contributed by atoms with Crippen molar-refractivity contribution < 1.29 is 13.2 Å². The van der Waals surface area contributed by atoms with Crippen molar-refractivity contribution in [1.29, 1.82) is 0 Å². The lowest BCUT2D eigenvalue weighted by Crippen LogP contribution is -2.37. The summed E-state index contributed by atoms with van der Waals surface area (Å²) in [7, 11) is 0.361. The SMILES string of the molecule is CCc1ccc2nc(N(CCCN(C)C)C(=O)c3ccc(S(=O)(=O)N(CC(C)C)CC(C)C)cc3)sc2c1.Cl. The van der Waals surface area contributed by atoms with E-state index in [1.807, 2.05) is 47.9 Å². The molecule has 1 amide bonds. The van der Waals surface area contributed by atoms with Crippen LogP contribution in [0.4, 0.5) is 5.13 Å². The van der Waals surface area contributed by atoms with Crippen molar-refractivity contribution in [2.24, 2.45) is 11.8 Å². The summed E-state index contributed by atoms with van der Waals surface area (Å²) in [5, 5.41) is 0.661. The summed E-state index contributed by atoms with van der Waals surface area (Å²) in [5.41, 5.74) is 2.56. The van der Waals surface area contributed by atoms with Crippen LogP contribution in [-0.2, 0) is 16.4 Å². The number of carbonyl (C=O) groups excluding carboxylic acids is 1. The van der Waals surface area contributed by atoms with Gasteiger partial charge in [0.1, 0.15) is 0 Å². The summed E-state index contributed by atoms with van der Waals surface area (Å²) in [6.45, 7) is 12.5. The Morgan fingerprint density at radius 3 is 2.10 bits per heavy atom. The maximum absolute atomic E-state index is 13.7. The van der Waals surface area contributed by atoms with Crippen molar-refractivity contribution >= 4 is 55.0 Å². The highest BCUT2D eigenvalue weighted by Gasteiger charge is 2.27. The summed E-state index contributed by atoms with van der Waals surface area (Å²) >= 11 is 1.52. The maximum atomic E-state index is 13.7. The first-order valence-electron chi connectivity index (χ1n) is 13.4. The molecule has 1 aromatic heterocycles. The summed E-state index contributed by atoms with van der Waals surface area (Å²) in [4.78, 5) is 22.5. The smallest absolute Gasteiger partial charge is 0.260 e. The third kappa shape index (κ3) is 8.72. The fraction of sp³-hybridized carbons (Fsp3) is 0.517. The Bertz CT molecular complexity index is 1310. The van der Waals surface area contributed by atoms with Crippen molar-refractivity contribution in [3.8, 4) is 0 Å². The van der Waals surface area contributed by atoms with Crippen LogP contribution < -0.4 is 4.90 Å². The number of carbonyl (C=O) groups is 1. The van der Waals surface area contributed by atoms with Gasteiger partial charge >= 0.3 is 0 Å². The number of fused-ring (bicyclic) bond motifs is 1. The molecule has 0 unspecified atom stereocenters. The first kappa shape index (κ1) is 33.2. The number of thiazole rings is 1. The second kappa shape index (κ2) is 14.6. The van der Waals surface area contributed by atoms with Gasteiger partial charge in [0.2, 0.25) is 10.0 Å². The van der Waals surface area contributed by atoms with Crippen LogP contribution in [0.3, 0.4) is 0 Å². The third-order valence-electron chi connectivity index (χ3n) is 6.19. The predicted octanol–water partition coefficient (Wildman–Crippen LogP) is 6.18. The predicted molar refractivity (Wildman–Crippen MR) is 166 cm³/mol. The van der Waals surface area contributed by atoms with E-state index >= 15 is 0 Å². The number of benzene rings is 2. The van der Waals surface area contributed by atoms with Gasteiger partial charge in [-0.15, -0.1) is 12.4 Å². The number of hydrogen-bond acceptors (Lipinski definition) is 6. The zero-order valence-electron chi connectivity index (χ0n) is 24.2. The van der Waals surface area contributed by atoms with Gasteiger partial charge in [-0.05, 0) is 87.3 Å². The van der Waals surface area contributed by atoms with Gasteiger partial charge in [0, 0.05) is 25.2 Å². The first-order valence-corrected chi connectivity index (χ1v) is 15.6. The molecule has 10 heteroatoms. The molecule has 0 saturated carbocycles. The molecule has 3 rings (SSSR count). The molecule has 0 radical (unpaired) electrons. The van der Waals surface area contributed by atoms with E-state index in [2.05, 4.69) is 24.0 Å². The summed E-state index contributed by atoms with van der Waals surface area (Å²) in [5.74, 6) is 0.244.